The Morgan fingerprint density at radius 2 is 1.00 bits per heavy atom. The van der Waals surface area contributed by atoms with Crippen molar-refractivity contribution in [3.8, 4) is 39.1 Å². The topological polar surface area (TPSA) is 8.17 Å². The maximum absolute atomic E-state index is 2.47. The van der Waals surface area contributed by atoms with Crippen molar-refractivity contribution < 1.29 is 0 Å². The summed E-state index contributed by atoms with van der Waals surface area (Å²) < 4.78 is 2.41. The number of anilines is 3. The highest BCUT2D eigenvalue weighted by Gasteiger charge is 2.25. The number of para-hydroxylation sites is 3. The summed E-state index contributed by atoms with van der Waals surface area (Å²) in [4.78, 5) is 2.47. The molecule has 0 atom stereocenters. The lowest BCUT2D eigenvalue weighted by atomic mass is 9.78. The van der Waals surface area contributed by atoms with Crippen molar-refractivity contribution in [3.05, 3.63) is 193 Å². The molecule has 0 N–H and O–H groups in total. The van der Waals surface area contributed by atoms with Crippen LogP contribution in [0, 0.1) is 6.92 Å². The maximum atomic E-state index is 2.47. The van der Waals surface area contributed by atoms with Gasteiger partial charge in [0.15, 0.2) is 0 Å². The Bertz CT molecular complexity index is 3130. The van der Waals surface area contributed by atoms with Gasteiger partial charge in [-0.1, -0.05) is 123 Å². The summed E-state index contributed by atoms with van der Waals surface area (Å²) in [6, 6.07) is 67.5. The highest BCUT2D eigenvalue weighted by atomic mass is 15.1. The molecule has 266 valence electrons. The molecule has 0 saturated heterocycles. The Kier molecular flexibility index (Phi) is 7.31. The zero-order valence-electron chi connectivity index (χ0n) is 31.8. The van der Waals surface area contributed by atoms with Gasteiger partial charge in [-0.2, -0.15) is 0 Å². The lowest BCUT2D eigenvalue weighted by Gasteiger charge is -2.31. The molecule has 11 rings (SSSR count). The molecule has 0 saturated carbocycles. The molecule has 0 spiro atoms. The van der Waals surface area contributed by atoms with Crippen LogP contribution in [0.4, 0.5) is 17.1 Å². The molecule has 1 heterocycles. The molecule has 0 bridgehead atoms. The smallest absolute Gasteiger partial charge is 0.0541 e. The van der Waals surface area contributed by atoms with Crippen LogP contribution in [-0.2, 0) is 0 Å². The number of aromatic nitrogens is 1. The van der Waals surface area contributed by atoms with E-state index in [9.17, 15) is 0 Å². The first-order valence-corrected chi connectivity index (χ1v) is 19.7. The average molecular weight is 717 g/mol. The van der Waals surface area contributed by atoms with E-state index >= 15 is 0 Å². The van der Waals surface area contributed by atoms with Crippen molar-refractivity contribution >= 4 is 60.4 Å². The predicted octanol–water partition coefficient (Wildman–Crippen LogP) is 15.3. The summed E-state index contributed by atoms with van der Waals surface area (Å²) in [6.07, 6.45) is 0. The molecule has 10 aromatic rings. The molecular formula is C54H40N2. The molecule has 1 aliphatic carbocycles. The maximum Gasteiger partial charge on any atom is 0.0541 e. The number of nitrogens with zero attached hydrogens (tertiary/aromatic N) is 2. The minimum Gasteiger partial charge on any atom is -0.310 e. The van der Waals surface area contributed by atoms with Crippen molar-refractivity contribution in [2.45, 2.75) is 26.7 Å². The van der Waals surface area contributed by atoms with Crippen LogP contribution in [0.15, 0.2) is 182 Å². The summed E-state index contributed by atoms with van der Waals surface area (Å²) in [5.74, 6) is 0.421. The van der Waals surface area contributed by atoms with E-state index in [1.54, 1.807) is 0 Å². The summed E-state index contributed by atoms with van der Waals surface area (Å²) >= 11 is 0. The first kappa shape index (κ1) is 32.5. The van der Waals surface area contributed by atoms with Crippen LogP contribution in [0.1, 0.15) is 30.9 Å². The Labute approximate surface area is 327 Å². The Balaban J connectivity index is 1.05. The highest BCUT2D eigenvalue weighted by Crippen LogP contribution is 2.51. The van der Waals surface area contributed by atoms with E-state index in [0.717, 1.165) is 5.69 Å². The molecular weight excluding hydrogens is 677 g/mol. The zero-order valence-corrected chi connectivity index (χ0v) is 31.8. The standard InChI is InChI=1S/C54H40N2/c1-34(2)37-22-21-35(3)54(33-37)56(51-18-10-7-15-44(51)36-13-5-4-6-14-36)43-26-24-39-30-48-47-29-38-23-25-42(27-40(38)31-49(47)50(48)32-41(39)28-43)55-52-19-11-8-16-45(52)46-17-9-12-20-53(46)55/h4-34H,1-3H3. The first-order valence-electron chi connectivity index (χ1n) is 19.7. The van der Waals surface area contributed by atoms with Crippen LogP contribution >= 0.6 is 0 Å². The first-order chi connectivity index (χ1) is 27.5. The van der Waals surface area contributed by atoms with Gasteiger partial charge in [-0.3, -0.25) is 0 Å². The van der Waals surface area contributed by atoms with Crippen molar-refractivity contribution in [3.63, 3.8) is 0 Å². The molecule has 0 unspecified atom stereocenters. The van der Waals surface area contributed by atoms with Gasteiger partial charge in [0.25, 0.3) is 0 Å². The third-order valence-corrected chi connectivity index (χ3v) is 12.0. The van der Waals surface area contributed by atoms with Gasteiger partial charge in [0.2, 0.25) is 0 Å². The molecule has 0 amide bonds. The van der Waals surface area contributed by atoms with Crippen molar-refractivity contribution in [2.24, 2.45) is 0 Å². The Hall–Kier alpha value is -6.90. The van der Waals surface area contributed by atoms with Gasteiger partial charge in [-0.25, -0.2) is 0 Å². The van der Waals surface area contributed by atoms with Gasteiger partial charge < -0.3 is 9.47 Å². The summed E-state index contributed by atoms with van der Waals surface area (Å²) in [6.45, 7) is 6.78. The molecule has 56 heavy (non-hydrogen) atoms. The fraction of sp³-hybridized carbons (Fsp3) is 0.0741. The van der Waals surface area contributed by atoms with Gasteiger partial charge >= 0.3 is 0 Å². The van der Waals surface area contributed by atoms with Gasteiger partial charge in [0.05, 0.1) is 16.7 Å². The van der Waals surface area contributed by atoms with E-state index in [-0.39, 0.29) is 0 Å². The molecule has 1 aliphatic rings. The van der Waals surface area contributed by atoms with Crippen LogP contribution in [0.3, 0.4) is 0 Å². The van der Waals surface area contributed by atoms with Crippen molar-refractivity contribution in [1.29, 1.82) is 0 Å². The van der Waals surface area contributed by atoms with E-state index in [2.05, 4.69) is 212 Å². The second-order valence-corrected chi connectivity index (χ2v) is 15.6. The minimum atomic E-state index is 0.421. The largest absolute Gasteiger partial charge is 0.310 e. The summed E-state index contributed by atoms with van der Waals surface area (Å²) in [5.41, 5.74) is 17.5. The molecule has 0 radical (unpaired) electrons. The van der Waals surface area contributed by atoms with E-state index in [1.807, 2.05) is 0 Å². The van der Waals surface area contributed by atoms with Crippen molar-refractivity contribution in [1.82, 2.24) is 4.57 Å². The molecule has 2 nitrogen and oxygen atoms in total. The third-order valence-electron chi connectivity index (χ3n) is 12.0. The second kappa shape index (κ2) is 12.6. The summed E-state index contributed by atoms with van der Waals surface area (Å²) in [5, 5.41) is 7.58. The number of hydrogen-bond acceptors (Lipinski definition) is 1. The van der Waals surface area contributed by atoms with Gasteiger partial charge in [0, 0.05) is 33.4 Å². The molecule has 0 fully saturated rings. The fourth-order valence-electron chi connectivity index (χ4n) is 9.04. The van der Waals surface area contributed by atoms with Gasteiger partial charge in [-0.15, -0.1) is 0 Å². The van der Waals surface area contributed by atoms with Crippen molar-refractivity contribution in [2.75, 3.05) is 4.90 Å². The fourth-order valence-corrected chi connectivity index (χ4v) is 9.04. The Morgan fingerprint density at radius 1 is 0.429 bits per heavy atom. The van der Waals surface area contributed by atoms with Crippen LogP contribution in [0.25, 0.3) is 82.4 Å². The number of hydrogen-bond donors (Lipinski definition) is 0. The van der Waals surface area contributed by atoms with Crippen LogP contribution in [-0.4, -0.2) is 4.57 Å². The highest BCUT2D eigenvalue weighted by molar-refractivity contribution is 6.13. The lowest BCUT2D eigenvalue weighted by Crippen LogP contribution is -2.13. The van der Waals surface area contributed by atoms with E-state index in [1.165, 1.54) is 105 Å². The quantitative estimate of drug-likeness (QED) is 0.166. The number of rotatable bonds is 6. The molecule has 2 heteroatoms. The minimum absolute atomic E-state index is 0.421. The number of fused-ring (bicyclic) bond motifs is 9. The SMILES string of the molecule is Cc1ccc(C(C)C)cc1N(c1ccc2cc3c(cc2c1)-c1cc2cc(-n4c5ccccc5c5ccccc54)ccc2cc1-3)c1ccccc1-c1ccccc1. The number of aryl methyl sites for hydroxylation is 1. The van der Waals surface area contributed by atoms with E-state index in [0.29, 0.717) is 5.92 Å². The van der Waals surface area contributed by atoms with Gasteiger partial charge in [-0.05, 0) is 146 Å². The molecule has 9 aromatic carbocycles. The summed E-state index contributed by atoms with van der Waals surface area (Å²) in [7, 11) is 0. The third kappa shape index (κ3) is 5.03. The Morgan fingerprint density at radius 3 is 1.68 bits per heavy atom. The monoisotopic (exact) mass is 716 g/mol. The second-order valence-electron chi connectivity index (χ2n) is 15.6. The van der Waals surface area contributed by atoms with E-state index < -0.39 is 0 Å². The normalized spacial score (nSPS) is 12.0. The zero-order chi connectivity index (χ0) is 37.5. The van der Waals surface area contributed by atoms with Crippen LogP contribution in [0.2, 0.25) is 0 Å². The predicted molar refractivity (Wildman–Crippen MR) is 239 cm³/mol. The molecule has 0 aliphatic heterocycles. The average Bonchev–Trinajstić information content (AvgIpc) is 3.58. The van der Waals surface area contributed by atoms with E-state index in [4.69, 9.17) is 0 Å². The van der Waals surface area contributed by atoms with Crippen LogP contribution < -0.4 is 4.90 Å². The number of benzene rings is 9. The lowest BCUT2D eigenvalue weighted by molar-refractivity contribution is 0.865. The molecule has 1 aromatic heterocycles. The van der Waals surface area contributed by atoms with Gasteiger partial charge in [0.1, 0.15) is 0 Å². The van der Waals surface area contributed by atoms with Crippen LogP contribution in [0.5, 0.6) is 0 Å².